The quantitative estimate of drug-likeness (QED) is 0.893. The summed E-state index contributed by atoms with van der Waals surface area (Å²) in [7, 11) is -0.244. The molecule has 2 fully saturated rings. The van der Waals surface area contributed by atoms with Crippen LogP contribution in [0, 0.1) is 5.92 Å². The lowest BCUT2D eigenvalue weighted by molar-refractivity contribution is 0.520. The lowest BCUT2D eigenvalue weighted by atomic mass is 10.1. The van der Waals surface area contributed by atoms with E-state index in [2.05, 4.69) is 10.2 Å². The molecular weight excluding hydrogens is 274 g/mol. The molecule has 1 aromatic rings. The van der Waals surface area contributed by atoms with Gasteiger partial charge in [0, 0.05) is 39.8 Å². The number of nitrogens with zero attached hydrogens (tertiary/aromatic N) is 2. The smallest absolute Gasteiger partial charge is 0.244 e. The predicted molar refractivity (Wildman–Crippen MR) is 79.4 cm³/mol. The second kappa shape index (κ2) is 5.02. The van der Waals surface area contributed by atoms with E-state index >= 15 is 0 Å². The Bertz CT molecular complexity index is 600. The van der Waals surface area contributed by atoms with Crippen molar-refractivity contribution in [3.8, 4) is 0 Å². The van der Waals surface area contributed by atoms with Gasteiger partial charge in [0.1, 0.15) is 4.90 Å². The molecule has 110 valence electrons. The molecule has 1 aromatic carbocycles. The molecule has 0 unspecified atom stereocenters. The van der Waals surface area contributed by atoms with Gasteiger partial charge in [-0.2, -0.15) is 0 Å². The maximum Gasteiger partial charge on any atom is 0.244 e. The van der Waals surface area contributed by atoms with Gasteiger partial charge in [-0.15, -0.1) is 0 Å². The summed E-state index contributed by atoms with van der Waals surface area (Å²) in [5.41, 5.74) is 0.845. The van der Waals surface area contributed by atoms with Crippen molar-refractivity contribution in [2.75, 3.05) is 38.6 Å². The average Bonchev–Trinajstić information content (AvgIpc) is 3.00. The van der Waals surface area contributed by atoms with Gasteiger partial charge in [0.2, 0.25) is 10.0 Å². The van der Waals surface area contributed by atoms with E-state index in [1.165, 1.54) is 4.31 Å². The first-order chi connectivity index (χ1) is 9.51. The van der Waals surface area contributed by atoms with E-state index in [4.69, 9.17) is 0 Å². The fourth-order valence-electron chi connectivity index (χ4n) is 3.26. The van der Waals surface area contributed by atoms with Crippen LogP contribution in [0.1, 0.15) is 6.42 Å². The van der Waals surface area contributed by atoms with Crippen LogP contribution in [0.25, 0.3) is 0 Å². The molecule has 2 heterocycles. The van der Waals surface area contributed by atoms with Gasteiger partial charge in [0.15, 0.2) is 0 Å². The van der Waals surface area contributed by atoms with E-state index in [0.717, 1.165) is 31.7 Å². The molecule has 0 aliphatic carbocycles. The van der Waals surface area contributed by atoms with E-state index in [-0.39, 0.29) is 0 Å². The fourth-order valence-corrected chi connectivity index (χ4v) is 4.35. The largest absolute Gasteiger partial charge is 0.366 e. The molecule has 20 heavy (non-hydrogen) atoms. The van der Waals surface area contributed by atoms with E-state index in [9.17, 15) is 8.42 Å². The number of hydrogen-bond donors (Lipinski definition) is 1. The Morgan fingerprint density at radius 3 is 2.75 bits per heavy atom. The van der Waals surface area contributed by atoms with Gasteiger partial charge in [0.05, 0.1) is 5.69 Å². The predicted octanol–water partition coefficient (Wildman–Crippen LogP) is 0.735. The van der Waals surface area contributed by atoms with Crippen molar-refractivity contribution in [2.24, 2.45) is 5.92 Å². The molecule has 5 nitrogen and oxygen atoms in total. The Hall–Kier alpha value is -1.11. The highest BCUT2D eigenvalue weighted by atomic mass is 32.2. The van der Waals surface area contributed by atoms with E-state index in [1.54, 1.807) is 26.2 Å². The second-order valence-electron chi connectivity index (χ2n) is 5.72. The molecule has 6 heteroatoms. The Labute approximate surface area is 120 Å². The average molecular weight is 295 g/mol. The summed E-state index contributed by atoms with van der Waals surface area (Å²) in [6.07, 6.45) is 1.13. The molecule has 3 rings (SSSR count). The van der Waals surface area contributed by atoms with E-state index < -0.39 is 10.0 Å². The summed E-state index contributed by atoms with van der Waals surface area (Å²) in [4.78, 5) is 2.68. The minimum atomic E-state index is -3.40. The van der Waals surface area contributed by atoms with Gasteiger partial charge in [-0.05, 0) is 24.5 Å². The molecule has 2 atom stereocenters. The number of para-hydroxylation sites is 1. The third-order valence-corrected chi connectivity index (χ3v) is 6.24. The van der Waals surface area contributed by atoms with Crippen molar-refractivity contribution >= 4 is 15.7 Å². The summed E-state index contributed by atoms with van der Waals surface area (Å²) in [6, 6.07) is 7.77. The summed E-state index contributed by atoms with van der Waals surface area (Å²) in [6.45, 7) is 2.93. The Morgan fingerprint density at radius 1 is 1.25 bits per heavy atom. The van der Waals surface area contributed by atoms with Crippen LogP contribution in [0.3, 0.4) is 0 Å². The third-order valence-electron chi connectivity index (χ3n) is 4.38. The van der Waals surface area contributed by atoms with Crippen LogP contribution in [0.2, 0.25) is 0 Å². The molecule has 0 aromatic heterocycles. The summed E-state index contributed by atoms with van der Waals surface area (Å²) < 4.78 is 26.3. The first kappa shape index (κ1) is 13.9. The molecule has 2 aliphatic rings. The number of hydrogen-bond acceptors (Lipinski definition) is 4. The number of fused-ring (bicyclic) bond motifs is 1. The highest BCUT2D eigenvalue weighted by Gasteiger charge is 2.39. The Morgan fingerprint density at radius 2 is 2.00 bits per heavy atom. The van der Waals surface area contributed by atoms with E-state index in [0.29, 0.717) is 16.9 Å². The van der Waals surface area contributed by atoms with Gasteiger partial charge in [-0.1, -0.05) is 12.1 Å². The molecule has 2 aliphatic heterocycles. The van der Waals surface area contributed by atoms with Gasteiger partial charge in [0.25, 0.3) is 0 Å². The zero-order chi connectivity index (χ0) is 14.3. The molecule has 2 saturated heterocycles. The SMILES string of the molecule is CN(C)S(=O)(=O)c1ccccc1N1CC[C@H]2CNC[C@H]21. The molecule has 0 spiro atoms. The van der Waals surface area contributed by atoms with Crippen LogP contribution < -0.4 is 10.2 Å². The van der Waals surface area contributed by atoms with Crippen molar-refractivity contribution in [3.05, 3.63) is 24.3 Å². The zero-order valence-corrected chi connectivity index (χ0v) is 12.7. The Kier molecular flexibility index (Phi) is 3.48. The highest BCUT2D eigenvalue weighted by molar-refractivity contribution is 7.89. The summed E-state index contributed by atoms with van der Waals surface area (Å²) >= 11 is 0. The zero-order valence-electron chi connectivity index (χ0n) is 11.9. The second-order valence-corrected chi connectivity index (χ2v) is 7.84. The number of rotatable bonds is 3. The number of sulfonamides is 1. The number of nitrogens with one attached hydrogen (secondary N) is 1. The molecular formula is C14H21N3O2S. The summed E-state index contributed by atoms with van der Waals surface area (Å²) in [5, 5.41) is 3.40. The van der Waals surface area contributed by atoms with Gasteiger partial charge >= 0.3 is 0 Å². The van der Waals surface area contributed by atoms with Crippen molar-refractivity contribution < 1.29 is 8.42 Å². The van der Waals surface area contributed by atoms with Crippen LogP contribution >= 0.6 is 0 Å². The topological polar surface area (TPSA) is 52.7 Å². The molecule has 0 radical (unpaired) electrons. The monoisotopic (exact) mass is 295 g/mol. The van der Waals surface area contributed by atoms with Crippen LogP contribution in [0.5, 0.6) is 0 Å². The first-order valence-electron chi connectivity index (χ1n) is 7.01. The van der Waals surface area contributed by atoms with Crippen LogP contribution in [-0.2, 0) is 10.0 Å². The molecule has 1 N–H and O–H groups in total. The maximum absolute atomic E-state index is 12.5. The van der Waals surface area contributed by atoms with Gasteiger partial charge in [-0.3, -0.25) is 0 Å². The molecule has 0 saturated carbocycles. The van der Waals surface area contributed by atoms with E-state index in [1.807, 2.05) is 12.1 Å². The maximum atomic E-state index is 12.5. The first-order valence-corrected chi connectivity index (χ1v) is 8.45. The molecule has 0 bridgehead atoms. The van der Waals surface area contributed by atoms with Crippen LogP contribution in [0.4, 0.5) is 5.69 Å². The standard InChI is InChI=1S/C14H21N3O2S/c1-16(2)20(18,19)14-6-4-3-5-12(14)17-8-7-11-9-15-10-13(11)17/h3-6,11,13,15H,7-10H2,1-2H3/t11-,13+/m0/s1. The van der Waals surface area contributed by atoms with Crippen LogP contribution in [-0.4, -0.2) is 52.5 Å². The normalized spacial score (nSPS) is 26.2. The number of anilines is 1. The summed E-state index contributed by atoms with van der Waals surface area (Å²) in [5.74, 6) is 0.644. The van der Waals surface area contributed by atoms with Gasteiger partial charge < -0.3 is 10.2 Å². The van der Waals surface area contributed by atoms with Crippen molar-refractivity contribution in [2.45, 2.75) is 17.4 Å². The Balaban J connectivity index is 2.03. The van der Waals surface area contributed by atoms with Crippen LogP contribution in [0.15, 0.2) is 29.2 Å². The van der Waals surface area contributed by atoms with Gasteiger partial charge in [-0.25, -0.2) is 12.7 Å². The third kappa shape index (κ3) is 2.12. The fraction of sp³-hybridized carbons (Fsp3) is 0.571. The molecule has 0 amide bonds. The minimum Gasteiger partial charge on any atom is -0.366 e. The van der Waals surface area contributed by atoms with Crippen molar-refractivity contribution in [3.63, 3.8) is 0 Å². The van der Waals surface area contributed by atoms with Crippen molar-refractivity contribution in [1.29, 1.82) is 0 Å². The minimum absolute atomic E-state index is 0.414. The highest BCUT2D eigenvalue weighted by Crippen LogP contribution is 2.36. The lowest BCUT2D eigenvalue weighted by Gasteiger charge is -2.28. The van der Waals surface area contributed by atoms with Crippen molar-refractivity contribution in [1.82, 2.24) is 9.62 Å². The lowest BCUT2D eigenvalue weighted by Crippen LogP contribution is -2.35. The number of benzene rings is 1.